The Bertz CT molecular complexity index is 538. The van der Waals surface area contributed by atoms with Crippen molar-refractivity contribution in [3.8, 4) is 0 Å². The highest BCUT2D eigenvalue weighted by Crippen LogP contribution is 2.33. The average molecular weight is 295 g/mol. The molecule has 0 bridgehead atoms. The van der Waals surface area contributed by atoms with E-state index >= 15 is 0 Å². The van der Waals surface area contributed by atoms with Crippen LogP contribution in [-0.4, -0.2) is 6.41 Å². The van der Waals surface area contributed by atoms with E-state index in [4.69, 9.17) is 0 Å². The third kappa shape index (κ3) is 3.88. The molecule has 2 atom stereocenters. The van der Waals surface area contributed by atoms with Crippen molar-refractivity contribution >= 4 is 6.41 Å². The van der Waals surface area contributed by atoms with Gasteiger partial charge in [0.25, 0.3) is 0 Å². The monoisotopic (exact) mass is 295 g/mol. The molecule has 2 nitrogen and oxygen atoms in total. The second-order valence-corrected chi connectivity index (χ2v) is 6.58. The molecule has 0 aliphatic heterocycles. The van der Waals surface area contributed by atoms with Crippen LogP contribution in [0.5, 0.6) is 0 Å². The first-order chi connectivity index (χ1) is 10.8. The van der Waals surface area contributed by atoms with Crippen LogP contribution in [0, 0.1) is 17.8 Å². The van der Waals surface area contributed by atoms with E-state index in [9.17, 15) is 4.79 Å². The van der Waals surface area contributed by atoms with Crippen LogP contribution in [0.15, 0.2) is 59.9 Å². The molecule has 0 saturated heterocycles. The van der Waals surface area contributed by atoms with Gasteiger partial charge in [-0.15, -0.1) is 0 Å². The van der Waals surface area contributed by atoms with Crippen molar-refractivity contribution < 1.29 is 4.79 Å². The number of carbonyl (C=O) groups excluding carboxylic acids is 1. The Morgan fingerprint density at radius 3 is 2.68 bits per heavy atom. The van der Waals surface area contributed by atoms with E-state index in [-0.39, 0.29) is 0 Å². The molecular weight excluding hydrogens is 270 g/mol. The number of nitrogens with one attached hydrogen (secondary N) is 1. The van der Waals surface area contributed by atoms with Crippen LogP contribution >= 0.6 is 0 Å². The first-order valence-corrected chi connectivity index (χ1v) is 8.46. The fraction of sp³-hybridized carbons (Fsp3) is 0.450. The van der Waals surface area contributed by atoms with Crippen LogP contribution in [0.4, 0.5) is 0 Å². The van der Waals surface area contributed by atoms with E-state index < -0.39 is 0 Å². The maximum Gasteiger partial charge on any atom is 0.211 e. The maximum atomic E-state index is 10.9. The minimum Gasteiger partial charge on any atom is -0.333 e. The summed E-state index contributed by atoms with van der Waals surface area (Å²) in [4.78, 5) is 10.9. The lowest BCUT2D eigenvalue weighted by Gasteiger charge is -2.22. The number of allylic oxidation sites excluding steroid dienone is 10. The quantitative estimate of drug-likeness (QED) is 0.763. The molecule has 1 amide bonds. The van der Waals surface area contributed by atoms with Crippen molar-refractivity contribution in [1.29, 1.82) is 0 Å². The molecule has 3 aliphatic carbocycles. The molecule has 0 saturated carbocycles. The molecule has 0 heterocycles. The average Bonchev–Trinajstić information content (AvgIpc) is 3.01. The molecule has 0 aromatic rings. The minimum absolute atomic E-state index is 0.529. The summed E-state index contributed by atoms with van der Waals surface area (Å²) in [5, 5.41) is 2.93. The number of hydrogen-bond acceptors (Lipinski definition) is 1. The molecule has 0 spiro atoms. The molecule has 2 heteroatoms. The number of hydrogen-bond donors (Lipinski definition) is 1. The van der Waals surface area contributed by atoms with Gasteiger partial charge in [-0.05, 0) is 55.4 Å². The van der Waals surface area contributed by atoms with Gasteiger partial charge in [-0.2, -0.15) is 0 Å². The predicted molar refractivity (Wildman–Crippen MR) is 91.0 cm³/mol. The summed E-state index contributed by atoms with van der Waals surface area (Å²) >= 11 is 0. The van der Waals surface area contributed by atoms with Crippen LogP contribution in [-0.2, 0) is 4.79 Å². The van der Waals surface area contributed by atoms with Gasteiger partial charge in [0.2, 0.25) is 6.41 Å². The first-order valence-electron chi connectivity index (χ1n) is 8.46. The summed E-state index contributed by atoms with van der Waals surface area (Å²) in [5.74, 6) is 1.74. The Balaban J connectivity index is 1.71. The van der Waals surface area contributed by atoms with E-state index in [1.807, 2.05) is 0 Å². The minimum atomic E-state index is 0.529. The smallest absolute Gasteiger partial charge is 0.211 e. The number of rotatable bonds is 4. The summed E-state index contributed by atoms with van der Waals surface area (Å²) in [6, 6.07) is 0. The Kier molecular flexibility index (Phi) is 5.10. The number of amides is 1. The highest BCUT2D eigenvalue weighted by Gasteiger charge is 2.22. The Labute approximate surface area is 133 Å². The van der Waals surface area contributed by atoms with Gasteiger partial charge in [0.1, 0.15) is 0 Å². The summed E-state index contributed by atoms with van der Waals surface area (Å²) < 4.78 is 0. The maximum absolute atomic E-state index is 10.9. The van der Waals surface area contributed by atoms with E-state index in [0.717, 1.165) is 31.4 Å². The van der Waals surface area contributed by atoms with Gasteiger partial charge in [0.05, 0.1) is 0 Å². The normalized spacial score (nSPS) is 32.7. The summed E-state index contributed by atoms with van der Waals surface area (Å²) in [7, 11) is 0. The Hall–Kier alpha value is -1.83. The van der Waals surface area contributed by atoms with Gasteiger partial charge < -0.3 is 5.32 Å². The topological polar surface area (TPSA) is 29.1 Å². The third-order valence-electron chi connectivity index (χ3n) is 5.00. The lowest BCUT2D eigenvalue weighted by atomic mass is 9.85. The summed E-state index contributed by atoms with van der Waals surface area (Å²) in [6.45, 7) is 0. The van der Waals surface area contributed by atoms with Gasteiger partial charge >= 0.3 is 0 Å². The van der Waals surface area contributed by atoms with E-state index in [2.05, 4.69) is 53.9 Å². The van der Waals surface area contributed by atoms with Gasteiger partial charge in [-0.1, -0.05) is 55.0 Å². The fourth-order valence-corrected chi connectivity index (χ4v) is 3.64. The second-order valence-electron chi connectivity index (χ2n) is 6.58. The first kappa shape index (κ1) is 15.1. The lowest BCUT2D eigenvalue weighted by molar-refractivity contribution is -0.109. The highest BCUT2D eigenvalue weighted by molar-refractivity contribution is 5.50. The van der Waals surface area contributed by atoms with Gasteiger partial charge in [-0.25, -0.2) is 0 Å². The molecule has 0 aromatic heterocycles. The van der Waals surface area contributed by atoms with Crippen LogP contribution in [0.25, 0.3) is 0 Å². The van der Waals surface area contributed by atoms with Crippen molar-refractivity contribution in [3.63, 3.8) is 0 Å². The Morgan fingerprint density at radius 1 is 1.18 bits per heavy atom. The van der Waals surface area contributed by atoms with Crippen LogP contribution in [0.1, 0.15) is 38.5 Å². The van der Waals surface area contributed by atoms with E-state index in [1.54, 1.807) is 0 Å². The fourth-order valence-electron chi connectivity index (χ4n) is 3.64. The SMILES string of the molecule is O=CN/C1=C/CC(/C=C2/C=CC2)CCCC(C2C=CC=C2)C1. The van der Waals surface area contributed by atoms with Crippen molar-refractivity contribution in [2.75, 3.05) is 0 Å². The highest BCUT2D eigenvalue weighted by atomic mass is 16.1. The van der Waals surface area contributed by atoms with Gasteiger partial charge in [-0.3, -0.25) is 4.79 Å². The molecule has 0 radical (unpaired) electrons. The molecule has 22 heavy (non-hydrogen) atoms. The molecule has 1 N–H and O–H groups in total. The summed E-state index contributed by atoms with van der Waals surface area (Å²) in [6.07, 6.45) is 25.7. The van der Waals surface area contributed by atoms with E-state index in [1.165, 1.54) is 24.8 Å². The zero-order valence-electron chi connectivity index (χ0n) is 13.1. The van der Waals surface area contributed by atoms with Gasteiger partial charge in [0, 0.05) is 5.70 Å². The summed E-state index contributed by atoms with van der Waals surface area (Å²) in [5.41, 5.74) is 2.57. The molecule has 0 fully saturated rings. The van der Waals surface area contributed by atoms with Crippen molar-refractivity contribution in [1.82, 2.24) is 5.32 Å². The molecular formula is C20H25NO. The zero-order valence-corrected chi connectivity index (χ0v) is 13.1. The molecule has 116 valence electrons. The van der Waals surface area contributed by atoms with Crippen molar-refractivity contribution in [3.05, 3.63) is 59.9 Å². The zero-order chi connectivity index (χ0) is 15.2. The van der Waals surface area contributed by atoms with Crippen molar-refractivity contribution in [2.45, 2.75) is 38.5 Å². The Morgan fingerprint density at radius 2 is 2.00 bits per heavy atom. The number of carbonyl (C=O) groups is 1. The second kappa shape index (κ2) is 7.44. The lowest BCUT2D eigenvalue weighted by Crippen LogP contribution is -2.17. The van der Waals surface area contributed by atoms with Crippen LogP contribution < -0.4 is 5.32 Å². The van der Waals surface area contributed by atoms with Crippen molar-refractivity contribution in [2.24, 2.45) is 17.8 Å². The van der Waals surface area contributed by atoms with Crippen LogP contribution in [0.2, 0.25) is 0 Å². The van der Waals surface area contributed by atoms with Gasteiger partial charge in [0.15, 0.2) is 0 Å². The van der Waals surface area contributed by atoms with Crippen LogP contribution in [0.3, 0.4) is 0 Å². The molecule has 0 aromatic carbocycles. The molecule has 3 rings (SSSR count). The molecule has 2 unspecified atom stereocenters. The van der Waals surface area contributed by atoms with E-state index in [0.29, 0.717) is 17.8 Å². The standard InChI is InChI=1S/C20H25NO/c22-15-21-20-12-11-17(13-16-5-3-6-16)7-4-10-19(14-20)18-8-1-2-9-18/h1-3,5,8-9,12-13,15,17-19H,4,6-7,10-11,14H2,(H,21,22)/b16-13-,20-12+. The third-order valence-corrected chi connectivity index (χ3v) is 5.00. The predicted octanol–water partition coefficient (Wildman–Crippen LogP) is 4.44. The largest absolute Gasteiger partial charge is 0.333 e. The molecule has 3 aliphatic rings.